The van der Waals surface area contributed by atoms with Crippen molar-refractivity contribution in [3.8, 4) is 0 Å². The van der Waals surface area contributed by atoms with E-state index in [1.54, 1.807) is 29.3 Å². The van der Waals surface area contributed by atoms with Crippen molar-refractivity contribution >= 4 is 21.6 Å². The summed E-state index contributed by atoms with van der Waals surface area (Å²) < 4.78 is 25.5. The molecule has 0 bridgehead atoms. The molecule has 2 heterocycles. The molecule has 1 aromatic heterocycles. The summed E-state index contributed by atoms with van der Waals surface area (Å²) in [6, 6.07) is 9.04. The Bertz CT molecular complexity index is 802. The summed E-state index contributed by atoms with van der Waals surface area (Å²) in [7, 11) is -3.38. The fourth-order valence-electron chi connectivity index (χ4n) is 2.72. The van der Waals surface area contributed by atoms with Crippen molar-refractivity contribution in [3.05, 3.63) is 47.8 Å². The van der Waals surface area contributed by atoms with Gasteiger partial charge in [-0.25, -0.2) is 8.42 Å². The first-order valence-corrected chi connectivity index (χ1v) is 9.11. The highest BCUT2D eigenvalue weighted by atomic mass is 32.2. The summed E-state index contributed by atoms with van der Waals surface area (Å²) in [6.45, 7) is 1.01. The molecule has 0 aliphatic carbocycles. The van der Waals surface area contributed by atoms with Gasteiger partial charge in [-0.3, -0.25) is 14.2 Å². The second-order valence-corrected chi connectivity index (χ2v) is 7.44. The van der Waals surface area contributed by atoms with E-state index in [-0.39, 0.29) is 18.9 Å². The third-order valence-electron chi connectivity index (χ3n) is 3.85. The largest absolute Gasteiger partial charge is 0.336 e. The Morgan fingerprint density at radius 1 is 1.26 bits per heavy atom. The van der Waals surface area contributed by atoms with Crippen LogP contribution in [0.15, 0.2) is 36.5 Å². The van der Waals surface area contributed by atoms with Gasteiger partial charge in [0.2, 0.25) is 15.9 Å². The van der Waals surface area contributed by atoms with E-state index in [1.165, 1.54) is 10.6 Å². The Hall–Kier alpha value is -2.35. The Morgan fingerprint density at radius 3 is 2.74 bits per heavy atom. The van der Waals surface area contributed by atoms with Crippen LogP contribution in [0.4, 0.5) is 5.69 Å². The molecule has 1 amide bonds. The Labute approximate surface area is 135 Å². The van der Waals surface area contributed by atoms with Gasteiger partial charge in [-0.1, -0.05) is 18.2 Å². The molecule has 1 N–H and O–H groups in total. The first kappa shape index (κ1) is 15.5. The van der Waals surface area contributed by atoms with Gasteiger partial charge in [-0.05, 0) is 17.7 Å². The number of carbonyl (C=O) groups is 1. The number of hydrogen-bond acceptors (Lipinski definition) is 4. The molecule has 0 saturated carbocycles. The van der Waals surface area contributed by atoms with E-state index in [0.717, 1.165) is 11.3 Å². The average molecular weight is 334 g/mol. The molecule has 0 radical (unpaired) electrons. The van der Waals surface area contributed by atoms with Gasteiger partial charge in [0, 0.05) is 25.0 Å². The van der Waals surface area contributed by atoms with Crippen LogP contribution in [0.1, 0.15) is 11.3 Å². The minimum absolute atomic E-state index is 0.0561. The minimum Gasteiger partial charge on any atom is -0.336 e. The van der Waals surface area contributed by atoms with Crippen LogP contribution in [0.3, 0.4) is 0 Å². The van der Waals surface area contributed by atoms with Gasteiger partial charge in [0.15, 0.2) is 0 Å². The molecule has 1 aromatic carbocycles. The highest BCUT2D eigenvalue weighted by Gasteiger charge is 2.27. The molecule has 2 aromatic rings. The number of para-hydroxylation sites is 1. The number of fused-ring (bicyclic) bond motifs is 1. The maximum absolute atomic E-state index is 12.5. The summed E-state index contributed by atoms with van der Waals surface area (Å²) in [4.78, 5) is 14.2. The van der Waals surface area contributed by atoms with E-state index in [2.05, 4.69) is 10.2 Å². The van der Waals surface area contributed by atoms with Crippen LogP contribution in [-0.2, 0) is 27.8 Å². The standard InChI is InChI=1S/C15H18N4O3S/c1-23(21,22)19-9-8-18(11-12-4-2-3-5-14(12)19)15(20)10-13-6-7-16-17-13/h2-7H,8-11H2,1H3,(H,16,17). The lowest BCUT2D eigenvalue weighted by atomic mass is 10.1. The first-order valence-electron chi connectivity index (χ1n) is 7.27. The number of rotatable bonds is 3. The van der Waals surface area contributed by atoms with Gasteiger partial charge in [-0.15, -0.1) is 0 Å². The summed E-state index contributed by atoms with van der Waals surface area (Å²) in [5.74, 6) is -0.0561. The van der Waals surface area contributed by atoms with Crippen molar-refractivity contribution in [2.75, 3.05) is 23.7 Å². The van der Waals surface area contributed by atoms with Crippen molar-refractivity contribution in [1.82, 2.24) is 15.1 Å². The van der Waals surface area contributed by atoms with Crippen LogP contribution in [-0.4, -0.2) is 48.8 Å². The van der Waals surface area contributed by atoms with Crippen LogP contribution in [0.2, 0.25) is 0 Å². The van der Waals surface area contributed by atoms with E-state index >= 15 is 0 Å². The van der Waals surface area contributed by atoms with Gasteiger partial charge >= 0.3 is 0 Å². The normalized spacial score (nSPS) is 15.2. The molecule has 122 valence electrons. The zero-order valence-electron chi connectivity index (χ0n) is 12.8. The number of amides is 1. The molecule has 8 heteroatoms. The van der Waals surface area contributed by atoms with Crippen LogP contribution in [0, 0.1) is 0 Å². The van der Waals surface area contributed by atoms with Crippen LogP contribution < -0.4 is 4.31 Å². The van der Waals surface area contributed by atoms with Crippen molar-refractivity contribution in [2.24, 2.45) is 0 Å². The van der Waals surface area contributed by atoms with Crippen LogP contribution in [0.5, 0.6) is 0 Å². The summed E-state index contributed by atoms with van der Waals surface area (Å²) in [5, 5.41) is 6.61. The van der Waals surface area contributed by atoms with Gasteiger partial charge in [0.05, 0.1) is 24.9 Å². The SMILES string of the molecule is CS(=O)(=O)N1CCN(C(=O)Cc2ccn[nH]2)Cc2ccccc21. The van der Waals surface area contributed by atoms with Crippen molar-refractivity contribution in [2.45, 2.75) is 13.0 Å². The summed E-state index contributed by atoms with van der Waals surface area (Å²) in [5.41, 5.74) is 2.22. The molecule has 7 nitrogen and oxygen atoms in total. The molecule has 0 unspecified atom stereocenters. The molecule has 0 saturated heterocycles. The number of aromatic nitrogens is 2. The number of carbonyl (C=O) groups excluding carboxylic acids is 1. The van der Waals surface area contributed by atoms with Gasteiger partial charge in [0.1, 0.15) is 0 Å². The predicted octanol–water partition coefficient (Wildman–Crippen LogP) is 0.761. The monoisotopic (exact) mass is 334 g/mol. The smallest absolute Gasteiger partial charge is 0.232 e. The molecule has 0 fully saturated rings. The molecule has 3 rings (SSSR count). The number of nitrogens with zero attached hydrogens (tertiary/aromatic N) is 3. The second kappa shape index (κ2) is 6.04. The van der Waals surface area contributed by atoms with Gasteiger partial charge in [0.25, 0.3) is 0 Å². The lowest BCUT2D eigenvalue weighted by Gasteiger charge is -2.22. The van der Waals surface area contributed by atoms with E-state index in [9.17, 15) is 13.2 Å². The van der Waals surface area contributed by atoms with Crippen LogP contribution >= 0.6 is 0 Å². The molecule has 0 spiro atoms. The number of anilines is 1. The number of hydrogen-bond donors (Lipinski definition) is 1. The van der Waals surface area contributed by atoms with Crippen molar-refractivity contribution in [1.29, 1.82) is 0 Å². The maximum atomic E-state index is 12.5. The number of H-pyrrole nitrogens is 1. The highest BCUT2D eigenvalue weighted by Crippen LogP contribution is 2.27. The van der Waals surface area contributed by atoms with Crippen LogP contribution in [0.25, 0.3) is 0 Å². The predicted molar refractivity (Wildman–Crippen MR) is 86.3 cm³/mol. The van der Waals surface area contributed by atoms with Gasteiger partial charge in [-0.2, -0.15) is 5.10 Å². The Morgan fingerprint density at radius 2 is 2.04 bits per heavy atom. The Balaban J connectivity index is 1.87. The molecular formula is C15H18N4O3S. The topological polar surface area (TPSA) is 86.4 Å². The highest BCUT2D eigenvalue weighted by molar-refractivity contribution is 7.92. The molecular weight excluding hydrogens is 316 g/mol. The number of nitrogens with one attached hydrogen (secondary N) is 1. The van der Waals surface area contributed by atoms with Gasteiger partial charge < -0.3 is 4.90 Å². The quantitative estimate of drug-likeness (QED) is 0.898. The lowest BCUT2D eigenvalue weighted by Crippen LogP contribution is -2.38. The fourth-order valence-corrected chi connectivity index (χ4v) is 3.67. The third kappa shape index (κ3) is 3.37. The van der Waals surface area contributed by atoms with E-state index in [0.29, 0.717) is 18.8 Å². The summed E-state index contributed by atoms with van der Waals surface area (Å²) >= 11 is 0. The number of benzene rings is 1. The lowest BCUT2D eigenvalue weighted by molar-refractivity contribution is -0.130. The summed E-state index contributed by atoms with van der Waals surface area (Å²) in [6.07, 6.45) is 3.01. The zero-order valence-corrected chi connectivity index (χ0v) is 13.6. The average Bonchev–Trinajstić information content (AvgIpc) is 2.90. The third-order valence-corrected chi connectivity index (χ3v) is 5.03. The zero-order chi connectivity index (χ0) is 16.4. The number of sulfonamides is 1. The van der Waals surface area contributed by atoms with Crippen molar-refractivity contribution < 1.29 is 13.2 Å². The number of aromatic amines is 1. The first-order chi connectivity index (χ1) is 10.9. The van der Waals surface area contributed by atoms with Crippen molar-refractivity contribution in [3.63, 3.8) is 0 Å². The molecule has 23 heavy (non-hydrogen) atoms. The molecule has 0 atom stereocenters. The van der Waals surface area contributed by atoms with E-state index in [4.69, 9.17) is 0 Å². The van der Waals surface area contributed by atoms with E-state index in [1.807, 2.05) is 12.1 Å². The molecule has 1 aliphatic rings. The fraction of sp³-hybridized carbons (Fsp3) is 0.333. The minimum atomic E-state index is -3.38. The Kier molecular flexibility index (Phi) is 4.08. The second-order valence-electron chi connectivity index (χ2n) is 5.54. The molecule has 1 aliphatic heterocycles. The van der Waals surface area contributed by atoms with E-state index < -0.39 is 10.0 Å². The maximum Gasteiger partial charge on any atom is 0.232 e.